The topological polar surface area (TPSA) is 48.0 Å². The number of fused-ring (bicyclic) bond motifs is 2. The maximum absolute atomic E-state index is 11.7. The van der Waals surface area contributed by atoms with Crippen molar-refractivity contribution in [1.82, 2.24) is 4.90 Å². The van der Waals surface area contributed by atoms with Crippen LogP contribution < -0.4 is 0 Å². The molecule has 0 aromatic carbocycles. The van der Waals surface area contributed by atoms with Crippen LogP contribution in [0.25, 0.3) is 0 Å². The number of ketones is 1. The lowest BCUT2D eigenvalue weighted by atomic mass is 9.99. The van der Waals surface area contributed by atoms with Crippen molar-refractivity contribution in [2.45, 2.75) is 25.9 Å². The first-order valence-electron chi connectivity index (χ1n) is 6.43. The molecule has 0 aromatic heterocycles. The van der Waals surface area contributed by atoms with Gasteiger partial charge in [0.05, 0.1) is 19.8 Å². The Balaban J connectivity index is 1.77. The molecule has 1 saturated carbocycles. The van der Waals surface area contributed by atoms with Gasteiger partial charge in [0, 0.05) is 25.4 Å². The van der Waals surface area contributed by atoms with Crippen LogP contribution in [-0.2, 0) is 19.0 Å². The van der Waals surface area contributed by atoms with E-state index >= 15 is 0 Å². The van der Waals surface area contributed by atoms with E-state index in [4.69, 9.17) is 14.2 Å². The molecule has 3 rings (SSSR count). The zero-order valence-corrected chi connectivity index (χ0v) is 10.2. The van der Waals surface area contributed by atoms with E-state index in [1.165, 1.54) is 0 Å². The minimum Gasteiger partial charge on any atom is -0.314 e. The molecule has 96 valence electrons. The molecule has 3 fully saturated rings. The van der Waals surface area contributed by atoms with Crippen molar-refractivity contribution >= 4 is 5.78 Å². The summed E-state index contributed by atoms with van der Waals surface area (Å²) < 4.78 is 17.0. The summed E-state index contributed by atoms with van der Waals surface area (Å²) in [5.74, 6) is 0.993. The summed E-state index contributed by atoms with van der Waals surface area (Å²) in [6.45, 7) is 5.12. The van der Waals surface area contributed by atoms with Gasteiger partial charge in [-0.15, -0.1) is 0 Å². The molecule has 2 unspecified atom stereocenters. The van der Waals surface area contributed by atoms with Gasteiger partial charge in [-0.1, -0.05) is 0 Å². The van der Waals surface area contributed by atoms with Crippen LogP contribution >= 0.6 is 0 Å². The number of piperidine rings is 1. The molecule has 0 spiro atoms. The minimum atomic E-state index is -1.02. The molecule has 2 bridgehead atoms. The number of hydrogen-bond acceptors (Lipinski definition) is 5. The first-order valence-corrected chi connectivity index (χ1v) is 6.43. The second kappa shape index (κ2) is 4.31. The van der Waals surface area contributed by atoms with Gasteiger partial charge in [-0.25, -0.2) is 4.90 Å². The third kappa shape index (κ3) is 1.91. The maximum atomic E-state index is 11.7. The van der Waals surface area contributed by atoms with Crippen LogP contribution in [0.4, 0.5) is 0 Å². The molecule has 2 saturated heterocycles. The van der Waals surface area contributed by atoms with Crippen LogP contribution in [0.5, 0.6) is 0 Å². The Morgan fingerprint density at radius 1 is 1.41 bits per heavy atom. The number of ether oxygens (including phenoxy) is 3. The molecule has 3 aliphatic rings. The van der Waals surface area contributed by atoms with E-state index in [0.717, 1.165) is 13.0 Å². The molecule has 1 aliphatic carbocycles. The highest BCUT2D eigenvalue weighted by Gasteiger charge is 2.51. The summed E-state index contributed by atoms with van der Waals surface area (Å²) in [4.78, 5) is 13.8. The molecule has 0 N–H and O–H groups in total. The number of rotatable bonds is 3. The van der Waals surface area contributed by atoms with Crippen LogP contribution in [0, 0.1) is 11.8 Å². The van der Waals surface area contributed by atoms with Crippen molar-refractivity contribution < 1.29 is 19.0 Å². The predicted octanol–water partition coefficient (Wildman–Crippen LogP) is 0.592. The average molecular weight is 241 g/mol. The molecule has 17 heavy (non-hydrogen) atoms. The predicted molar refractivity (Wildman–Crippen MR) is 59.1 cm³/mol. The zero-order chi connectivity index (χ0) is 11.9. The SMILES string of the molecule is CCOC1(N2CC3CC(=O)C(C3)C2)OCCO1. The van der Waals surface area contributed by atoms with E-state index in [1.54, 1.807) is 0 Å². The minimum absolute atomic E-state index is 0.152. The highest BCUT2D eigenvalue weighted by atomic mass is 16.9. The molecular formula is C12H19NO4. The first-order chi connectivity index (χ1) is 8.23. The lowest BCUT2D eigenvalue weighted by molar-refractivity contribution is -0.408. The van der Waals surface area contributed by atoms with Crippen molar-refractivity contribution in [3.63, 3.8) is 0 Å². The Morgan fingerprint density at radius 3 is 2.82 bits per heavy atom. The fraction of sp³-hybridized carbons (Fsp3) is 0.917. The third-order valence-electron chi connectivity index (χ3n) is 3.85. The van der Waals surface area contributed by atoms with Crippen molar-refractivity contribution in [1.29, 1.82) is 0 Å². The largest absolute Gasteiger partial charge is 0.353 e. The van der Waals surface area contributed by atoms with Crippen LogP contribution in [-0.4, -0.2) is 49.7 Å². The fourth-order valence-electron chi connectivity index (χ4n) is 3.18. The Hall–Kier alpha value is -0.490. The van der Waals surface area contributed by atoms with E-state index in [9.17, 15) is 4.79 Å². The number of nitrogens with zero attached hydrogens (tertiary/aromatic N) is 1. The van der Waals surface area contributed by atoms with Crippen LogP contribution in [0.2, 0.25) is 0 Å². The van der Waals surface area contributed by atoms with Crippen molar-refractivity contribution in [3.8, 4) is 0 Å². The van der Waals surface area contributed by atoms with Crippen LogP contribution in [0.3, 0.4) is 0 Å². The monoisotopic (exact) mass is 241 g/mol. The molecule has 0 aromatic rings. The quantitative estimate of drug-likeness (QED) is 0.724. The third-order valence-corrected chi connectivity index (χ3v) is 3.85. The number of carbonyl (C=O) groups excluding carboxylic acids is 1. The highest BCUT2D eigenvalue weighted by molar-refractivity contribution is 5.83. The molecule has 2 atom stereocenters. The van der Waals surface area contributed by atoms with Gasteiger partial charge in [0.25, 0.3) is 0 Å². The smallest absolute Gasteiger partial charge is 0.314 e. The van der Waals surface area contributed by atoms with Gasteiger partial charge in [0.2, 0.25) is 0 Å². The first kappa shape index (κ1) is 11.6. The second-order valence-electron chi connectivity index (χ2n) is 5.03. The number of hydrogen-bond donors (Lipinski definition) is 0. The van der Waals surface area contributed by atoms with E-state index in [2.05, 4.69) is 4.90 Å². The summed E-state index contributed by atoms with van der Waals surface area (Å²) in [6.07, 6.45) is 0.719. The van der Waals surface area contributed by atoms with Crippen molar-refractivity contribution in [2.24, 2.45) is 11.8 Å². The lowest BCUT2D eigenvalue weighted by Gasteiger charge is -2.41. The van der Waals surface area contributed by atoms with Crippen LogP contribution in [0.15, 0.2) is 0 Å². The Kier molecular flexibility index (Phi) is 2.94. The highest BCUT2D eigenvalue weighted by Crippen LogP contribution is 2.38. The Bertz CT molecular complexity index is 314. The summed E-state index contributed by atoms with van der Waals surface area (Å²) in [5, 5.41) is 0. The Morgan fingerprint density at radius 2 is 2.18 bits per heavy atom. The Labute approximate surface area is 101 Å². The lowest BCUT2D eigenvalue weighted by Crippen LogP contribution is -2.56. The van der Waals surface area contributed by atoms with Gasteiger partial charge in [-0.2, -0.15) is 0 Å². The molecule has 2 aliphatic heterocycles. The van der Waals surface area contributed by atoms with Crippen molar-refractivity contribution in [2.75, 3.05) is 32.9 Å². The van der Waals surface area contributed by atoms with Crippen molar-refractivity contribution in [3.05, 3.63) is 0 Å². The summed E-state index contributed by atoms with van der Waals surface area (Å²) in [7, 11) is 0. The normalized spacial score (nSPS) is 36.6. The molecule has 5 nitrogen and oxygen atoms in total. The van der Waals surface area contributed by atoms with Crippen LogP contribution in [0.1, 0.15) is 19.8 Å². The van der Waals surface area contributed by atoms with E-state index < -0.39 is 6.10 Å². The second-order valence-corrected chi connectivity index (χ2v) is 5.03. The number of Topliss-reactive ketones (excluding diaryl/α,β-unsaturated/α-hetero) is 1. The maximum Gasteiger partial charge on any atom is 0.353 e. The summed E-state index contributed by atoms with van der Waals surface area (Å²) in [5.41, 5.74) is 0. The van der Waals surface area contributed by atoms with E-state index in [0.29, 0.717) is 44.5 Å². The summed E-state index contributed by atoms with van der Waals surface area (Å²) >= 11 is 0. The van der Waals surface area contributed by atoms with Gasteiger partial charge in [0.15, 0.2) is 0 Å². The molecular weight excluding hydrogens is 222 g/mol. The van der Waals surface area contributed by atoms with Gasteiger partial charge in [-0.3, -0.25) is 4.79 Å². The molecule has 2 heterocycles. The van der Waals surface area contributed by atoms with Gasteiger partial charge < -0.3 is 14.2 Å². The van der Waals surface area contributed by atoms with Gasteiger partial charge >= 0.3 is 6.10 Å². The number of likely N-dealkylation sites (tertiary alicyclic amines) is 1. The van der Waals surface area contributed by atoms with E-state index in [-0.39, 0.29) is 5.92 Å². The molecule has 0 radical (unpaired) electrons. The van der Waals surface area contributed by atoms with Gasteiger partial charge in [0.1, 0.15) is 5.78 Å². The molecule has 5 heteroatoms. The number of carbonyl (C=O) groups is 1. The summed E-state index contributed by atoms with van der Waals surface area (Å²) in [6, 6.07) is 0. The van der Waals surface area contributed by atoms with E-state index in [1.807, 2.05) is 6.92 Å². The molecule has 0 amide bonds. The fourth-order valence-corrected chi connectivity index (χ4v) is 3.18. The van der Waals surface area contributed by atoms with Gasteiger partial charge in [-0.05, 0) is 19.3 Å². The average Bonchev–Trinajstić information content (AvgIpc) is 2.87. The standard InChI is InChI=1S/C12H19NO4/c1-2-15-12(16-3-4-17-12)13-7-9-5-10(8-13)11(14)6-9/h9-10H,2-8H2,1H3. The zero-order valence-electron chi connectivity index (χ0n) is 10.2.